The minimum absolute atomic E-state index is 0.329. The van der Waals surface area contributed by atoms with Crippen molar-refractivity contribution in [3.8, 4) is 0 Å². The van der Waals surface area contributed by atoms with Crippen molar-refractivity contribution in [2.75, 3.05) is 6.54 Å². The van der Waals surface area contributed by atoms with Gasteiger partial charge < -0.3 is 9.67 Å². The van der Waals surface area contributed by atoms with Gasteiger partial charge in [-0.15, -0.1) is 0 Å². The summed E-state index contributed by atoms with van der Waals surface area (Å²) in [4.78, 5) is 12.2. The number of hydrogen-bond donors (Lipinski definition) is 1. The standard InChI is InChI=1S/C14H18N4O2S/c1-10-13(8-12(14(19)20)16(10)2)21-17-6-3-7-18-11(9-17)4-5-15-18/h4-5,8H,3,6-7,9H2,1-2H3,(H,19,20). The van der Waals surface area contributed by atoms with Crippen LogP contribution < -0.4 is 0 Å². The van der Waals surface area contributed by atoms with E-state index in [0.29, 0.717) is 5.69 Å². The zero-order chi connectivity index (χ0) is 15.0. The lowest BCUT2D eigenvalue weighted by Crippen LogP contribution is -2.14. The molecule has 0 spiro atoms. The molecule has 0 radical (unpaired) electrons. The Morgan fingerprint density at radius 3 is 2.95 bits per heavy atom. The lowest BCUT2D eigenvalue weighted by Gasteiger charge is -2.17. The molecular formula is C14H18N4O2S. The second kappa shape index (κ2) is 5.57. The van der Waals surface area contributed by atoms with Gasteiger partial charge in [0.25, 0.3) is 0 Å². The fourth-order valence-corrected chi connectivity index (χ4v) is 3.67. The molecule has 3 rings (SSSR count). The van der Waals surface area contributed by atoms with E-state index in [1.165, 1.54) is 5.69 Å². The molecule has 0 aliphatic carbocycles. The summed E-state index contributed by atoms with van der Waals surface area (Å²) in [5, 5.41) is 13.5. The number of hydrogen-bond acceptors (Lipinski definition) is 4. The van der Waals surface area contributed by atoms with Gasteiger partial charge in [-0.1, -0.05) is 0 Å². The zero-order valence-electron chi connectivity index (χ0n) is 12.1. The van der Waals surface area contributed by atoms with Gasteiger partial charge in [-0.25, -0.2) is 9.10 Å². The van der Waals surface area contributed by atoms with E-state index in [-0.39, 0.29) is 0 Å². The van der Waals surface area contributed by atoms with Crippen LogP contribution in [0.15, 0.2) is 23.2 Å². The predicted molar refractivity (Wildman–Crippen MR) is 80.2 cm³/mol. The molecule has 3 heterocycles. The molecule has 0 saturated heterocycles. The average Bonchev–Trinajstić information content (AvgIpc) is 2.92. The van der Waals surface area contributed by atoms with Crippen LogP contribution in [0.5, 0.6) is 0 Å². The number of aryl methyl sites for hydroxylation is 1. The molecule has 0 fully saturated rings. The summed E-state index contributed by atoms with van der Waals surface area (Å²) in [6, 6.07) is 3.80. The maximum Gasteiger partial charge on any atom is 0.352 e. The molecule has 2 aromatic heterocycles. The van der Waals surface area contributed by atoms with Crippen LogP contribution in [0.25, 0.3) is 0 Å². The van der Waals surface area contributed by atoms with E-state index in [2.05, 4.69) is 9.40 Å². The Labute approximate surface area is 127 Å². The first kappa shape index (κ1) is 14.2. The summed E-state index contributed by atoms with van der Waals surface area (Å²) < 4.78 is 6.04. The molecular weight excluding hydrogens is 288 g/mol. The smallest absolute Gasteiger partial charge is 0.352 e. The van der Waals surface area contributed by atoms with E-state index in [4.69, 9.17) is 0 Å². The predicted octanol–water partition coefficient (Wildman–Crippen LogP) is 2.14. The Bertz CT molecular complexity index is 677. The molecule has 6 nitrogen and oxygen atoms in total. The summed E-state index contributed by atoms with van der Waals surface area (Å²) in [6.07, 6.45) is 2.87. The van der Waals surface area contributed by atoms with E-state index in [9.17, 15) is 9.90 Å². The molecule has 21 heavy (non-hydrogen) atoms. The SMILES string of the molecule is Cc1c(SN2CCCn3nccc3C2)cc(C(=O)O)n1C. The third-order valence-electron chi connectivity index (χ3n) is 3.86. The number of aromatic carboxylic acids is 1. The van der Waals surface area contributed by atoms with Crippen molar-refractivity contribution in [2.24, 2.45) is 7.05 Å². The maximum atomic E-state index is 11.2. The lowest BCUT2D eigenvalue weighted by molar-refractivity contribution is 0.0686. The van der Waals surface area contributed by atoms with Crippen molar-refractivity contribution in [1.29, 1.82) is 0 Å². The average molecular weight is 306 g/mol. The topological polar surface area (TPSA) is 63.3 Å². The number of rotatable bonds is 3. The Morgan fingerprint density at radius 1 is 1.43 bits per heavy atom. The number of carbonyl (C=O) groups is 1. The molecule has 0 unspecified atom stereocenters. The third kappa shape index (κ3) is 2.71. The zero-order valence-corrected chi connectivity index (χ0v) is 12.9. The Hall–Kier alpha value is -1.73. The van der Waals surface area contributed by atoms with Crippen LogP contribution in [0.4, 0.5) is 0 Å². The van der Waals surface area contributed by atoms with Crippen LogP contribution in [-0.2, 0) is 20.1 Å². The quantitative estimate of drug-likeness (QED) is 0.880. The Morgan fingerprint density at radius 2 is 2.24 bits per heavy atom. The van der Waals surface area contributed by atoms with E-state index in [1.807, 2.05) is 23.9 Å². The second-order valence-electron chi connectivity index (χ2n) is 5.20. The largest absolute Gasteiger partial charge is 0.477 e. The van der Waals surface area contributed by atoms with Gasteiger partial charge in [0.2, 0.25) is 0 Å². The van der Waals surface area contributed by atoms with Crippen LogP contribution in [0, 0.1) is 6.92 Å². The molecule has 0 aromatic carbocycles. The van der Waals surface area contributed by atoms with Crippen molar-refractivity contribution < 1.29 is 9.90 Å². The molecule has 112 valence electrons. The first-order chi connectivity index (χ1) is 10.1. The summed E-state index contributed by atoms with van der Waals surface area (Å²) in [6.45, 7) is 4.68. The fraction of sp³-hybridized carbons (Fsp3) is 0.429. The van der Waals surface area contributed by atoms with Gasteiger partial charge in [0.1, 0.15) is 5.69 Å². The Kier molecular flexibility index (Phi) is 3.77. The minimum Gasteiger partial charge on any atom is -0.477 e. The monoisotopic (exact) mass is 306 g/mol. The van der Waals surface area contributed by atoms with Crippen LogP contribution >= 0.6 is 11.9 Å². The van der Waals surface area contributed by atoms with E-state index in [0.717, 1.165) is 36.6 Å². The summed E-state index contributed by atoms with van der Waals surface area (Å²) in [5.74, 6) is -0.888. The van der Waals surface area contributed by atoms with Crippen molar-refractivity contribution >= 4 is 17.9 Å². The minimum atomic E-state index is -0.888. The van der Waals surface area contributed by atoms with Crippen LogP contribution in [0.2, 0.25) is 0 Å². The summed E-state index contributed by atoms with van der Waals surface area (Å²) >= 11 is 1.63. The van der Waals surface area contributed by atoms with Crippen LogP contribution in [0.1, 0.15) is 28.3 Å². The highest BCUT2D eigenvalue weighted by Gasteiger charge is 2.20. The third-order valence-corrected chi connectivity index (χ3v) is 5.04. The molecule has 0 amide bonds. The van der Waals surface area contributed by atoms with Crippen molar-refractivity contribution in [3.05, 3.63) is 35.4 Å². The first-order valence-electron chi connectivity index (χ1n) is 6.89. The van der Waals surface area contributed by atoms with Gasteiger partial charge in [-0.2, -0.15) is 5.10 Å². The molecule has 0 atom stereocenters. The van der Waals surface area contributed by atoms with Gasteiger partial charge in [0, 0.05) is 36.9 Å². The van der Waals surface area contributed by atoms with Crippen molar-refractivity contribution in [3.63, 3.8) is 0 Å². The molecule has 7 heteroatoms. The normalized spacial score (nSPS) is 15.7. The van der Waals surface area contributed by atoms with Crippen LogP contribution in [0.3, 0.4) is 0 Å². The molecule has 0 bridgehead atoms. The van der Waals surface area contributed by atoms with Crippen molar-refractivity contribution in [2.45, 2.75) is 31.3 Å². The number of carboxylic acid groups (broad SMARTS) is 1. The van der Waals surface area contributed by atoms with E-state index < -0.39 is 5.97 Å². The molecule has 2 aromatic rings. The van der Waals surface area contributed by atoms with Gasteiger partial charge in [-0.3, -0.25) is 4.68 Å². The molecule has 1 aliphatic heterocycles. The number of aromatic nitrogens is 3. The van der Waals surface area contributed by atoms with Gasteiger partial charge in [0.15, 0.2) is 0 Å². The van der Waals surface area contributed by atoms with Crippen LogP contribution in [-0.4, -0.2) is 36.3 Å². The summed E-state index contributed by atoms with van der Waals surface area (Å²) in [7, 11) is 1.79. The Balaban J connectivity index is 1.81. The second-order valence-corrected chi connectivity index (χ2v) is 6.34. The number of nitrogens with zero attached hydrogens (tertiary/aromatic N) is 4. The number of carboxylic acids is 1. The van der Waals surface area contributed by atoms with Gasteiger partial charge in [-0.05, 0) is 37.4 Å². The molecule has 0 saturated carbocycles. The highest BCUT2D eigenvalue weighted by Crippen LogP contribution is 2.31. The lowest BCUT2D eigenvalue weighted by atomic mass is 10.4. The highest BCUT2D eigenvalue weighted by molar-refractivity contribution is 7.97. The van der Waals surface area contributed by atoms with Gasteiger partial charge in [0.05, 0.1) is 12.2 Å². The van der Waals surface area contributed by atoms with Gasteiger partial charge >= 0.3 is 5.97 Å². The van der Waals surface area contributed by atoms with E-state index in [1.54, 1.807) is 29.6 Å². The van der Waals surface area contributed by atoms with Crippen molar-refractivity contribution in [1.82, 2.24) is 18.7 Å². The summed E-state index contributed by atoms with van der Waals surface area (Å²) in [5.41, 5.74) is 2.51. The van der Waals surface area contributed by atoms with E-state index >= 15 is 0 Å². The fourth-order valence-electron chi connectivity index (χ4n) is 2.54. The number of fused-ring (bicyclic) bond motifs is 1. The highest BCUT2D eigenvalue weighted by atomic mass is 32.2. The molecule has 1 N–H and O–H groups in total. The first-order valence-corrected chi connectivity index (χ1v) is 7.67. The maximum absolute atomic E-state index is 11.2. The molecule has 1 aliphatic rings.